The molecule has 0 heterocycles. The third kappa shape index (κ3) is 5.78. The van der Waals surface area contributed by atoms with Gasteiger partial charge >= 0.3 is 6.18 Å². The number of methoxy groups -OCH3 is 1. The number of anilines is 3. The zero-order valence-corrected chi connectivity index (χ0v) is 15.7. The third-order valence-electron chi connectivity index (χ3n) is 3.53. The quantitative estimate of drug-likeness (QED) is 0.654. The molecule has 0 aliphatic carbocycles. The summed E-state index contributed by atoms with van der Waals surface area (Å²) in [4.78, 5) is 23.3. The van der Waals surface area contributed by atoms with Crippen LogP contribution < -0.4 is 20.7 Å². The molecule has 2 rings (SSSR count). The molecule has 2 amide bonds. The molecule has 0 saturated carbocycles. The van der Waals surface area contributed by atoms with E-state index in [9.17, 15) is 22.8 Å². The van der Waals surface area contributed by atoms with Crippen molar-refractivity contribution in [2.45, 2.75) is 13.1 Å². The summed E-state index contributed by atoms with van der Waals surface area (Å²) in [5.74, 6) is -0.398. The van der Waals surface area contributed by atoms with E-state index in [1.54, 1.807) is 12.1 Å². The monoisotopic (exact) mass is 415 g/mol. The van der Waals surface area contributed by atoms with E-state index in [1.165, 1.54) is 20.1 Å². The molecule has 3 N–H and O–H groups in total. The second-order valence-corrected chi connectivity index (χ2v) is 6.10. The molecule has 0 unspecified atom stereocenters. The van der Waals surface area contributed by atoms with Crippen LogP contribution in [0, 0.1) is 0 Å². The highest BCUT2D eigenvalue weighted by molar-refractivity contribution is 6.33. The van der Waals surface area contributed by atoms with Crippen molar-refractivity contribution in [1.29, 1.82) is 0 Å². The standard InChI is InChI=1S/C18H17ClF3N3O3/c1-10(26)24-12-4-6-16(28-2)15(8-12)25-17(27)9-23-14-5-3-11(7-13(14)19)18(20,21)22/h3-8,23H,9H2,1-2H3,(H,24,26)(H,25,27). The number of carbonyl (C=O) groups excluding carboxylic acids is 2. The van der Waals surface area contributed by atoms with Gasteiger partial charge in [-0.15, -0.1) is 0 Å². The first-order chi connectivity index (χ1) is 13.1. The van der Waals surface area contributed by atoms with Crippen LogP contribution >= 0.6 is 11.6 Å². The smallest absolute Gasteiger partial charge is 0.416 e. The highest BCUT2D eigenvalue weighted by Gasteiger charge is 2.30. The highest BCUT2D eigenvalue weighted by atomic mass is 35.5. The zero-order chi connectivity index (χ0) is 20.9. The Kier molecular flexibility index (Phi) is 6.74. The molecule has 0 aromatic heterocycles. The maximum Gasteiger partial charge on any atom is 0.416 e. The lowest BCUT2D eigenvalue weighted by atomic mass is 10.2. The van der Waals surface area contributed by atoms with Crippen LogP contribution in [0.5, 0.6) is 5.75 Å². The van der Waals surface area contributed by atoms with E-state index in [0.29, 0.717) is 17.1 Å². The number of hydrogen-bond donors (Lipinski definition) is 3. The van der Waals surface area contributed by atoms with Gasteiger partial charge in [0.2, 0.25) is 11.8 Å². The Hall–Kier alpha value is -2.94. The average Bonchev–Trinajstić information content (AvgIpc) is 2.59. The van der Waals surface area contributed by atoms with Crippen molar-refractivity contribution in [3.63, 3.8) is 0 Å². The van der Waals surface area contributed by atoms with Gasteiger partial charge in [-0.2, -0.15) is 13.2 Å². The van der Waals surface area contributed by atoms with E-state index in [4.69, 9.17) is 16.3 Å². The summed E-state index contributed by atoms with van der Waals surface area (Å²) in [5.41, 5.74) is 0.0808. The molecule has 6 nitrogen and oxygen atoms in total. The fourth-order valence-corrected chi connectivity index (χ4v) is 2.54. The number of halogens is 4. The Morgan fingerprint density at radius 1 is 1.07 bits per heavy atom. The van der Waals surface area contributed by atoms with Crippen LogP contribution in [0.3, 0.4) is 0 Å². The molecule has 2 aromatic rings. The van der Waals surface area contributed by atoms with Gasteiger partial charge in [0.1, 0.15) is 5.75 Å². The van der Waals surface area contributed by atoms with Gasteiger partial charge in [0.25, 0.3) is 0 Å². The second kappa shape index (κ2) is 8.83. The number of hydrogen-bond acceptors (Lipinski definition) is 4. The Morgan fingerprint density at radius 3 is 2.36 bits per heavy atom. The first-order valence-electron chi connectivity index (χ1n) is 7.96. The lowest BCUT2D eigenvalue weighted by Gasteiger charge is -2.14. The maximum atomic E-state index is 12.7. The summed E-state index contributed by atoms with van der Waals surface area (Å²) < 4.78 is 43.1. The normalized spacial score (nSPS) is 10.9. The summed E-state index contributed by atoms with van der Waals surface area (Å²) in [5, 5.41) is 7.70. The van der Waals surface area contributed by atoms with E-state index < -0.39 is 17.6 Å². The molecule has 2 aromatic carbocycles. The van der Waals surface area contributed by atoms with Crippen molar-refractivity contribution < 1.29 is 27.5 Å². The van der Waals surface area contributed by atoms with E-state index in [0.717, 1.165) is 18.2 Å². The summed E-state index contributed by atoms with van der Waals surface area (Å²) in [6, 6.07) is 7.49. The molecule has 0 aliphatic rings. The second-order valence-electron chi connectivity index (χ2n) is 5.69. The van der Waals surface area contributed by atoms with Gasteiger partial charge < -0.3 is 20.7 Å². The van der Waals surface area contributed by atoms with Crippen molar-refractivity contribution in [1.82, 2.24) is 0 Å². The zero-order valence-electron chi connectivity index (χ0n) is 14.9. The number of benzene rings is 2. The number of amides is 2. The lowest BCUT2D eigenvalue weighted by Crippen LogP contribution is -2.22. The Balaban J connectivity index is 2.05. The van der Waals surface area contributed by atoms with Gasteiger partial charge in [-0.3, -0.25) is 9.59 Å². The molecule has 0 bridgehead atoms. The van der Waals surface area contributed by atoms with Gasteiger partial charge in [0.05, 0.1) is 35.6 Å². The number of nitrogens with one attached hydrogen (secondary N) is 3. The summed E-state index contributed by atoms with van der Waals surface area (Å²) in [7, 11) is 1.42. The van der Waals surface area contributed by atoms with E-state index in [1.807, 2.05) is 0 Å². The Labute approximate surface area is 164 Å². The molecule has 0 saturated heterocycles. The van der Waals surface area contributed by atoms with E-state index >= 15 is 0 Å². The van der Waals surface area contributed by atoms with Crippen LogP contribution in [0.15, 0.2) is 36.4 Å². The van der Waals surface area contributed by atoms with Gasteiger partial charge in [0, 0.05) is 12.6 Å². The summed E-state index contributed by atoms with van der Waals surface area (Å²) in [6.45, 7) is 1.10. The number of ether oxygens (including phenoxy) is 1. The minimum atomic E-state index is -4.50. The molecular weight excluding hydrogens is 399 g/mol. The first-order valence-corrected chi connectivity index (χ1v) is 8.34. The average molecular weight is 416 g/mol. The summed E-state index contributed by atoms with van der Waals surface area (Å²) >= 11 is 5.84. The predicted octanol–water partition coefficient (Wildman–Crippen LogP) is 4.38. The van der Waals surface area contributed by atoms with Gasteiger partial charge in [-0.25, -0.2) is 0 Å². The fraction of sp³-hybridized carbons (Fsp3) is 0.222. The lowest BCUT2D eigenvalue weighted by molar-refractivity contribution is -0.137. The number of alkyl halides is 3. The topological polar surface area (TPSA) is 79.5 Å². The Morgan fingerprint density at radius 2 is 1.79 bits per heavy atom. The minimum absolute atomic E-state index is 0.159. The molecule has 0 fully saturated rings. The van der Waals surface area contributed by atoms with Gasteiger partial charge in [-0.1, -0.05) is 11.6 Å². The highest BCUT2D eigenvalue weighted by Crippen LogP contribution is 2.33. The fourth-order valence-electron chi connectivity index (χ4n) is 2.29. The number of carbonyl (C=O) groups is 2. The van der Waals surface area contributed by atoms with E-state index in [2.05, 4.69) is 16.0 Å². The van der Waals surface area contributed by atoms with Crippen LogP contribution in [-0.2, 0) is 15.8 Å². The molecular formula is C18H17ClF3N3O3. The van der Waals surface area contributed by atoms with Crippen molar-refractivity contribution in [2.75, 3.05) is 29.6 Å². The van der Waals surface area contributed by atoms with Crippen LogP contribution in [0.1, 0.15) is 12.5 Å². The third-order valence-corrected chi connectivity index (χ3v) is 3.84. The van der Waals surface area contributed by atoms with Crippen molar-refractivity contribution in [3.8, 4) is 5.75 Å². The first kappa shape index (κ1) is 21.4. The van der Waals surface area contributed by atoms with Gasteiger partial charge in [0.15, 0.2) is 0 Å². The molecule has 0 spiro atoms. The molecule has 150 valence electrons. The molecule has 28 heavy (non-hydrogen) atoms. The maximum absolute atomic E-state index is 12.7. The molecule has 0 atom stereocenters. The number of rotatable bonds is 6. The molecule has 10 heteroatoms. The van der Waals surface area contributed by atoms with Crippen molar-refractivity contribution >= 4 is 40.5 Å². The Bertz CT molecular complexity index is 888. The van der Waals surface area contributed by atoms with E-state index in [-0.39, 0.29) is 23.2 Å². The van der Waals surface area contributed by atoms with Crippen molar-refractivity contribution in [3.05, 3.63) is 47.0 Å². The molecule has 0 aliphatic heterocycles. The minimum Gasteiger partial charge on any atom is -0.495 e. The van der Waals surface area contributed by atoms with Gasteiger partial charge in [-0.05, 0) is 36.4 Å². The summed E-state index contributed by atoms with van der Waals surface area (Å²) in [6.07, 6.45) is -4.50. The predicted molar refractivity (Wildman–Crippen MR) is 101 cm³/mol. The van der Waals surface area contributed by atoms with Crippen LogP contribution in [0.2, 0.25) is 5.02 Å². The van der Waals surface area contributed by atoms with Crippen LogP contribution in [0.25, 0.3) is 0 Å². The van der Waals surface area contributed by atoms with Crippen LogP contribution in [0.4, 0.5) is 30.2 Å². The van der Waals surface area contributed by atoms with Crippen LogP contribution in [-0.4, -0.2) is 25.5 Å². The van der Waals surface area contributed by atoms with Crippen molar-refractivity contribution in [2.24, 2.45) is 0 Å². The SMILES string of the molecule is COc1ccc(NC(C)=O)cc1NC(=O)CNc1ccc(C(F)(F)F)cc1Cl. The molecule has 0 radical (unpaired) electrons. The largest absolute Gasteiger partial charge is 0.495 e.